The lowest BCUT2D eigenvalue weighted by atomic mass is 10.1. The lowest BCUT2D eigenvalue weighted by Crippen LogP contribution is -2.12. The summed E-state index contributed by atoms with van der Waals surface area (Å²) in [6.07, 6.45) is 3.26. The summed E-state index contributed by atoms with van der Waals surface area (Å²) in [6.45, 7) is 2.18. The van der Waals surface area contributed by atoms with Crippen molar-refractivity contribution in [1.82, 2.24) is 4.98 Å². The van der Waals surface area contributed by atoms with Crippen LogP contribution in [0.4, 0.5) is 10.8 Å². The summed E-state index contributed by atoms with van der Waals surface area (Å²) in [5, 5.41) is 2.03. The van der Waals surface area contributed by atoms with Gasteiger partial charge in [-0.2, -0.15) is 0 Å². The van der Waals surface area contributed by atoms with E-state index in [1.807, 2.05) is 19.1 Å². The molecule has 0 saturated heterocycles. The Balaban J connectivity index is 1.52. The van der Waals surface area contributed by atoms with Crippen molar-refractivity contribution in [2.45, 2.75) is 11.8 Å². The Morgan fingerprint density at radius 2 is 1.93 bits per heavy atom. The number of aryl methyl sites for hydroxylation is 1. The minimum Gasteiger partial charge on any atom is -0.454 e. The fourth-order valence-electron chi connectivity index (χ4n) is 2.50. The third-order valence-electron chi connectivity index (χ3n) is 3.91. The van der Waals surface area contributed by atoms with E-state index in [9.17, 15) is 8.42 Å². The molecule has 0 saturated carbocycles. The molecule has 138 valence electrons. The molecular formula is C18H15N3O4S2. The van der Waals surface area contributed by atoms with Crippen LogP contribution in [0.25, 0.3) is 0 Å². The van der Waals surface area contributed by atoms with Crippen LogP contribution in [0.5, 0.6) is 11.5 Å². The normalized spacial score (nSPS) is 13.2. The Morgan fingerprint density at radius 3 is 2.63 bits per heavy atom. The molecule has 0 unspecified atom stereocenters. The Labute approximate surface area is 160 Å². The number of hydrogen-bond donors (Lipinski definition) is 1. The summed E-state index contributed by atoms with van der Waals surface area (Å²) >= 11 is 1.22. The SMILES string of the molecule is Cc1cc2c(cc1C=Nc1ccc(S(=O)(=O)Nc3nccs3)cc1)OCO2. The highest BCUT2D eigenvalue weighted by molar-refractivity contribution is 7.93. The third kappa shape index (κ3) is 3.79. The van der Waals surface area contributed by atoms with Gasteiger partial charge in [0.05, 0.1) is 10.6 Å². The average Bonchev–Trinajstić information content (AvgIpc) is 3.31. The molecule has 27 heavy (non-hydrogen) atoms. The smallest absolute Gasteiger partial charge is 0.263 e. The van der Waals surface area contributed by atoms with Crippen molar-refractivity contribution in [3.8, 4) is 11.5 Å². The molecule has 7 nitrogen and oxygen atoms in total. The molecule has 1 aromatic heterocycles. The Kier molecular flexibility index (Phi) is 4.54. The van der Waals surface area contributed by atoms with E-state index in [0.29, 0.717) is 16.6 Å². The Bertz CT molecular complexity index is 1090. The first-order valence-electron chi connectivity index (χ1n) is 7.98. The summed E-state index contributed by atoms with van der Waals surface area (Å²) in [5.74, 6) is 1.42. The molecule has 1 aliphatic rings. The Hall–Kier alpha value is -2.91. The van der Waals surface area contributed by atoms with Crippen molar-refractivity contribution >= 4 is 38.4 Å². The molecule has 4 rings (SSSR count). The van der Waals surface area contributed by atoms with Crippen molar-refractivity contribution in [2.24, 2.45) is 4.99 Å². The topological polar surface area (TPSA) is 89.9 Å². The summed E-state index contributed by atoms with van der Waals surface area (Å²) in [6, 6.07) is 10.1. The van der Waals surface area contributed by atoms with Crippen molar-refractivity contribution in [2.75, 3.05) is 11.5 Å². The average molecular weight is 401 g/mol. The molecule has 3 aromatic rings. The number of hydrogen-bond acceptors (Lipinski definition) is 7. The zero-order chi connectivity index (χ0) is 18.9. The molecule has 1 N–H and O–H groups in total. The number of nitrogens with one attached hydrogen (secondary N) is 1. The van der Waals surface area contributed by atoms with Gasteiger partial charge in [0, 0.05) is 17.8 Å². The summed E-state index contributed by atoms with van der Waals surface area (Å²) < 4.78 is 37.8. The second kappa shape index (κ2) is 7.01. The largest absolute Gasteiger partial charge is 0.454 e. The van der Waals surface area contributed by atoms with Crippen LogP contribution in [0.15, 0.2) is 57.9 Å². The molecule has 0 bridgehead atoms. The van der Waals surface area contributed by atoms with Crippen LogP contribution in [-0.2, 0) is 10.0 Å². The van der Waals surface area contributed by atoms with Crippen molar-refractivity contribution in [3.63, 3.8) is 0 Å². The molecular weight excluding hydrogens is 386 g/mol. The van der Waals surface area contributed by atoms with Crippen molar-refractivity contribution in [3.05, 3.63) is 59.1 Å². The molecule has 2 heterocycles. The fourth-order valence-corrected chi connectivity index (χ4v) is 4.29. The number of benzene rings is 2. The molecule has 0 fully saturated rings. The number of fused-ring (bicyclic) bond motifs is 1. The second-order valence-electron chi connectivity index (χ2n) is 5.76. The summed E-state index contributed by atoms with van der Waals surface area (Å²) in [7, 11) is -3.67. The maximum atomic E-state index is 12.3. The molecule has 0 amide bonds. The van der Waals surface area contributed by atoms with Crippen LogP contribution < -0.4 is 14.2 Å². The van der Waals surface area contributed by atoms with E-state index in [1.54, 1.807) is 29.9 Å². The molecule has 0 spiro atoms. The van der Waals surface area contributed by atoms with E-state index in [2.05, 4.69) is 14.7 Å². The highest BCUT2D eigenvalue weighted by Crippen LogP contribution is 2.34. The quantitative estimate of drug-likeness (QED) is 0.658. The highest BCUT2D eigenvalue weighted by Gasteiger charge is 2.16. The van der Waals surface area contributed by atoms with E-state index < -0.39 is 10.0 Å². The minimum absolute atomic E-state index is 0.149. The highest BCUT2D eigenvalue weighted by atomic mass is 32.2. The van der Waals surface area contributed by atoms with Crippen LogP contribution in [0.1, 0.15) is 11.1 Å². The summed E-state index contributed by atoms with van der Waals surface area (Å²) in [5.41, 5.74) is 2.55. The van der Waals surface area contributed by atoms with Gasteiger partial charge in [0.1, 0.15) is 0 Å². The number of nitrogens with zero attached hydrogens (tertiary/aromatic N) is 2. The number of anilines is 1. The maximum Gasteiger partial charge on any atom is 0.263 e. The molecule has 9 heteroatoms. The van der Waals surface area contributed by atoms with E-state index in [-0.39, 0.29) is 11.7 Å². The molecule has 0 aliphatic carbocycles. The number of sulfonamides is 1. The zero-order valence-electron chi connectivity index (χ0n) is 14.2. The Morgan fingerprint density at radius 1 is 1.19 bits per heavy atom. The lowest BCUT2D eigenvalue weighted by molar-refractivity contribution is 0.174. The molecule has 2 aromatic carbocycles. The summed E-state index contributed by atoms with van der Waals surface area (Å²) in [4.78, 5) is 8.49. The number of aliphatic imine (C=N–C) groups is 1. The van der Waals surface area contributed by atoms with Gasteiger partial charge in [-0.3, -0.25) is 9.71 Å². The van der Waals surface area contributed by atoms with Crippen LogP contribution in [-0.4, -0.2) is 26.4 Å². The third-order valence-corrected chi connectivity index (χ3v) is 6.09. The van der Waals surface area contributed by atoms with Gasteiger partial charge in [0.15, 0.2) is 16.6 Å². The minimum atomic E-state index is -3.67. The standard InChI is InChI=1S/C18H15N3O4S2/c1-12-8-16-17(25-11-24-16)9-13(12)10-20-14-2-4-15(5-3-14)27(22,23)21-18-19-6-7-26-18/h2-10H,11H2,1H3,(H,19,21). The first-order valence-corrected chi connectivity index (χ1v) is 10.3. The number of ether oxygens (including phenoxy) is 2. The van der Waals surface area contributed by atoms with Gasteiger partial charge in [0.2, 0.25) is 6.79 Å². The van der Waals surface area contributed by atoms with E-state index in [1.165, 1.54) is 23.5 Å². The van der Waals surface area contributed by atoms with Gasteiger partial charge in [-0.25, -0.2) is 13.4 Å². The van der Waals surface area contributed by atoms with Crippen molar-refractivity contribution < 1.29 is 17.9 Å². The van der Waals surface area contributed by atoms with Gasteiger partial charge in [0.25, 0.3) is 10.0 Å². The predicted molar refractivity (Wildman–Crippen MR) is 104 cm³/mol. The molecule has 0 atom stereocenters. The van der Waals surface area contributed by atoms with Crippen LogP contribution in [0.2, 0.25) is 0 Å². The monoisotopic (exact) mass is 401 g/mol. The molecule has 0 radical (unpaired) electrons. The number of thiazole rings is 1. The molecule has 1 aliphatic heterocycles. The van der Waals surface area contributed by atoms with Gasteiger partial charge < -0.3 is 9.47 Å². The first kappa shape index (κ1) is 17.5. The number of aromatic nitrogens is 1. The second-order valence-corrected chi connectivity index (χ2v) is 8.33. The maximum absolute atomic E-state index is 12.3. The number of rotatable bonds is 5. The van der Waals surface area contributed by atoms with Gasteiger partial charge in [-0.1, -0.05) is 0 Å². The van der Waals surface area contributed by atoms with E-state index in [0.717, 1.165) is 16.9 Å². The first-order chi connectivity index (χ1) is 13.0. The van der Waals surface area contributed by atoms with Gasteiger partial charge in [-0.15, -0.1) is 11.3 Å². The van der Waals surface area contributed by atoms with E-state index in [4.69, 9.17) is 9.47 Å². The predicted octanol–water partition coefficient (Wildman–Crippen LogP) is 3.73. The van der Waals surface area contributed by atoms with Gasteiger partial charge in [-0.05, 0) is 54.4 Å². The fraction of sp³-hybridized carbons (Fsp3) is 0.111. The van der Waals surface area contributed by atoms with Crippen LogP contribution >= 0.6 is 11.3 Å². The van der Waals surface area contributed by atoms with Gasteiger partial charge >= 0.3 is 0 Å². The van der Waals surface area contributed by atoms with E-state index >= 15 is 0 Å². The van der Waals surface area contributed by atoms with Crippen LogP contribution in [0.3, 0.4) is 0 Å². The lowest BCUT2D eigenvalue weighted by Gasteiger charge is -2.05. The zero-order valence-corrected chi connectivity index (χ0v) is 15.9. The van der Waals surface area contributed by atoms with Crippen LogP contribution in [0, 0.1) is 6.92 Å². The van der Waals surface area contributed by atoms with Crippen molar-refractivity contribution in [1.29, 1.82) is 0 Å².